The Morgan fingerprint density at radius 3 is 2.38 bits per heavy atom. The van der Waals surface area contributed by atoms with E-state index in [2.05, 4.69) is 11.8 Å². The molecule has 8 heteroatoms. The molecule has 0 aliphatic carbocycles. The Hall–Kier alpha value is -1.51. The second kappa shape index (κ2) is 8.02. The van der Waals surface area contributed by atoms with E-state index in [1.165, 1.54) is 16.4 Å². The van der Waals surface area contributed by atoms with E-state index in [1.54, 1.807) is 0 Å². The summed E-state index contributed by atoms with van der Waals surface area (Å²) in [4.78, 5) is 17.1. The molecule has 0 bridgehead atoms. The predicted octanol–water partition coefficient (Wildman–Crippen LogP) is 1.39. The normalized spacial score (nSPS) is 23.2. The summed E-state index contributed by atoms with van der Waals surface area (Å²) in [6.45, 7) is 6.83. The van der Waals surface area contributed by atoms with Crippen molar-refractivity contribution in [3.05, 3.63) is 30.1 Å². The topological polar surface area (TPSA) is 60.9 Å². The van der Waals surface area contributed by atoms with Crippen molar-refractivity contribution in [1.29, 1.82) is 0 Å². The number of amides is 1. The maximum Gasteiger partial charge on any atom is 0.243 e. The van der Waals surface area contributed by atoms with E-state index in [-0.39, 0.29) is 23.3 Å². The quantitative estimate of drug-likeness (QED) is 0.788. The number of carbonyl (C=O) groups is 1. The van der Waals surface area contributed by atoms with Crippen molar-refractivity contribution in [2.45, 2.75) is 24.7 Å². The van der Waals surface area contributed by atoms with Gasteiger partial charge < -0.3 is 9.80 Å². The van der Waals surface area contributed by atoms with Crippen LogP contribution >= 0.6 is 0 Å². The zero-order chi connectivity index (χ0) is 18.7. The highest BCUT2D eigenvalue weighted by Crippen LogP contribution is 2.25. The number of halogens is 1. The number of likely N-dealkylation sites (N-methyl/N-ethyl adjacent to an activating group) is 1. The van der Waals surface area contributed by atoms with Gasteiger partial charge in [0, 0.05) is 39.3 Å². The molecule has 0 aromatic heterocycles. The van der Waals surface area contributed by atoms with Crippen LogP contribution in [-0.2, 0) is 14.8 Å². The molecule has 1 aromatic carbocycles. The fourth-order valence-corrected chi connectivity index (χ4v) is 5.18. The van der Waals surface area contributed by atoms with Crippen molar-refractivity contribution in [1.82, 2.24) is 14.1 Å². The van der Waals surface area contributed by atoms with Gasteiger partial charge in [-0.3, -0.25) is 4.79 Å². The Labute approximate surface area is 154 Å². The van der Waals surface area contributed by atoms with Crippen molar-refractivity contribution in [2.24, 2.45) is 5.92 Å². The summed E-state index contributed by atoms with van der Waals surface area (Å²) in [6, 6.07) is 4.85. The molecule has 3 rings (SSSR count). The van der Waals surface area contributed by atoms with Crippen LogP contribution in [0.15, 0.2) is 29.2 Å². The largest absolute Gasteiger partial charge is 0.340 e. The second-order valence-corrected chi connectivity index (χ2v) is 8.85. The van der Waals surface area contributed by atoms with Crippen molar-refractivity contribution in [2.75, 3.05) is 45.8 Å². The van der Waals surface area contributed by atoms with Crippen molar-refractivity contribution in [3.8, 4) is 0 Å². The molecule has 2 fully saturated rings. The van der Waals surface area contributed by atoms with Gasteiger partial charge in [-0.25, -0.2) is 12.8 Å². The molecule has 1 amide bonds. The molecule has 1 atom stereocenters. The lowest BCUT2D eigenvalue weighted by molar-refractivity contribution is -0.138. The van der Waals surface area contributed by atoms with Crippen LogP contribution in [0.4, 0.5) is 4.39 Å². The van der Waals surface area contributed by atoms with Crippen LogP contribution in [0.25, 0.3) is 0 Å². The highest BCUT2D eigenvalue weighted by Gasteiger charge is 2.35. The molecule has 1 unspecified atom stereocenters. The molecular weight excluding hydrogens is 357 g/mol. The van der Waals surface area contributed by atoms with Crippen LogP contribution in [0.1, 0.15) is 19.8 Å². The van der Waals surface area contributed by atoms with Gasteiger partial charge in [0.2, 0.25) is 15.9 Å². The van der Waals surface area contributed by atoms with Gasteiger partial charge in [0.15, 0.2) is 0 Å². The number of nitrogens with zero attached hydrogens (tertiary/aromatic N) is 3. The Bertz CT molecular complexity index is 731. The number of benzene rings is 1. The van der Waals surface area contributed by atoms with Crippen LogP contribution in [0.3, 0.4) is 0 Å². The average Bonchev–Trinajstić information content (AvgIpc) is 2.68. The first-order valence-corrected chi connectivity index (χ1v) is 10.6. The van der Waals surface area contributed by atoms with Crippen LogP contribution < -0.4 is 0 Å². The number of rotatable bonds is 4. The van der Waals surface area contributed by atoms with E-state index < -0.39 is 15.8 Å². The highest BCUT2D eigenvalue weighted by molar-refractivity contribution is 7.89. The molecule has 26 heavy (non-hydrogen) atoms. The molecule has 2 heterocycles. The molecule has 0 spiro atoms. The lowest BCUT2D eigenvalue weighted by Crippen LogP contribution is -2.52. The maximum atomic E-state index is 13.1. The molecule has 2 aliphatic heterocycles. The number of piperidine rings is 1. The summed E-state index contributed by atoms with van der Waals surface area (Å²) in [5, 5.41) is 0. The van der Waals surface area contributed by atoms with E-state index in [4.69, 9.17) is 0 Å². The standard InChI is InChI=1S/C18H26FN3O3S/c1-2-20-10-12-21(13-11-20)18(23)15-4-3-9-22(14-15)26(24,25)17-7-5-16(19)6-8-17/h5-8,15H,2-4,9-14H2,1H3. The molecule has 0 saturated carbocycles. The third-order valence-corrected chi connectivity index (χ3v) is 7.20. The number of piperazine rings is 1. The van der Waals surface area contributed by atoms with E-state index in [9.17, 15) is 17.6 Å². The van der Waals surface area contributed by atoms with Gasteiger partial charge in [-0.05, 0) is 43.7 Å². The Morgan fingerprint density at radius 1 is 1.12 bits per heavy atom. The third-order valence-electron chi connectivity index (χ3n) is 5.32. The molecular formula is C18H26FN3O3S. The molecule has 144 valence electrons. The first kappa shape index (κ1) is 19.3. The summed E-state index contributed by atoms with van der Waals surface area (Å²) < 4.78 is 40.0. The van der Waals surface area contributed by atoms with Crippen molar-refractivity contribution < 1.29 is 17.6 Å². The fourth-order valence-electron chi connectivity index (χ4n) is 3.66. The van der Waals surface area contributed by atoms with E-state index in [0.717, 1.165) is 31.8 Å². The fraction of sp³-hybridized carbons (Fsp3) is 0.611. The zero-order valence-electron chi connectivity index (χ0n) is 15.1. The SMILES string of the molecule is CCN1CCN(C(=O)C2CCCN(S(=O)(=O)c3ccc(F)cc3)C2)CC1. The zero-order valence-corrected chi connectivity index (χ0v) is 15.9. The lowest BCUT2D eigenvalue weighted by Gasteiger charge is -2.38. The van der Waals surface area contributed by atoms with Gasteiger partial charge in [0.1, 0.15) is 5.82 Å². The first-order valence-electron chi connectivity index (χ1n) is 9.18. The second-order valence-electron chi connectivity index (χ2n) is 6.92. The van der Waals surface area contributed by atoms with Gasteiger partial charge in [-0.2, -0.15) is 4.31 Å². The Kier molecular flexibility index (Phi) is 5.94. The minimum absolute atomic E-state index is 0.0553. The summed E-state index contributed by atoms with van der Waals surface area (Å²) in [7, 11) is -3.70. The molecule has 0 N–H and O–H groups in total. The van der Waals surface area contributed by atoms with Gasteiger partial charge in [0.05, 0.1) is 10.8 Å². The van der Waals surface area contributed by atoms with Crippen molar-refractivity contribution in [3.63, 3.8) is 0 Å². The van der Waals surface area contributed by atoms with E-state index in [1.807, 2.05) is 4.90 Å². The smallest absolute Gasteiger partial charge is 0.243 e. The number of hydrogen-bond acceptors (Lipinski definition) is 4. The van der Waals surface area contributed by atoms with Gasteiger partial charge in [0.25, 0.3) is 0 Å². The average molecular weight is 383 g/mol. The van der Waals surface area contributed by atoms with Gasteiger partial charge >= 0.3 is 0 Å². The highest BCUT2D eigenvalue weighted by atomic mass is 32.2. The summed E-state index contributed by atoms with van der Waals surface area (Å²) in [6.07, 6.45) is 1.37. The van der Waals surface area contributed by atoms with Crippen LogP contribution in [0.5, 0.6) is 0 Å². The van der Waals surface area contributed by atoms with Crippen LogP contribution in [-0.4, -0.2) is 74.2 Å². The first-order chi connectivity index (χ1) is 12.4. The summed E-state index contributed by atoms with van der Waals surface area (Å²) in [5.41, 5.74) is 0. The summed E-state index contributed by atoms with van der Waals surface area (Å²) in [5.74, 6) is -0.714. The monoisotopic (exact) mass is 383 g/mol. The van der Waals surface area contributed by atoms with Gasteiger partial charge in [-0.1, -0.05) is 6.92 Å². The number of sulfonamides is 1. The van der Waals surface area contributed by atoms with Crippen LogP contribution in [0.2, 0.25) is 0 Å². The van der Waals surface area contributed by atoms with E-state index >= 15 is 0 Å². The Morgan fingerprint density at radius 2 is 1.77 bits per heavy atom. The molecule has 1 aromatic rings. The Balaban J connectivity index is 1.67. The third kappa shape index (κ3) is 4.07. The molecule has 0 radical (unpaired) electrons. The molecule has 6 nitrogen and oxygen atoms in total. The number of carbonyl (C=O) groups excluding carboxylic acids is 1. The molecule has 2 saturated heterocycles. The van der Waals surface area contributed by atoms with E-state index in [0.29, 0.717) is 32.5 Å². The molecule has 2 aliphatic rings. The van der Waals surface area contributed by atoms with Gasteiger partial charge in [-0.15, -0.1) is 0 Å². The maximum absolute atomic E-state index is 13.1. The number of hydrogen-bond donors (Lipinski definition) is 0. The predicted molar refractivity (Wildman–Crippen MR) is 96.6 cm³/mol. The van der Waals surface area contributed by atoms with Crippen molar-refractivity contribution >= 4 is 15.9 Å². The lowest BCUT2D eigenvalue weighted by atomic mass is 9.98. The minimum Gasteiger partial charge on any atom is -0.340 e. The van der Waals surface area contributed by atoms with Crippen LogP contribution in [0, 0.1) is 11.7 Å². The summed E-state index contributed by atoms with van der Waals surface area (Å²) >= 11 is 0. The minimum atomic E-state index is -3.70.